The van der Waals surface area contributed by atoms with Crippen molar-refractivity contribution >= 4 is 28.0 Å². The van der Waals surface area contributed by atoms with Gasteiger partial charge in [0.25, 0.3) is 0 Å². The number of ether oxygens (including phenoxy) is 1. The molecule has 0 spiro atoms. The molecule has 7 nitrogen and oxygen atoms in total. The minimum atomic E-state index is -0.541. The van der Waals surface area contributed by atoms with Crippen LogP contribution in [0, 0.1) is 0 Å². The fourth-order valence-electron chi connectivity index (χ4n) is 1.34. The van der Waals surface area contributed by atoms with Gasteiger partial charge >= 0.3 is 5.69 Å². The van der Waals surface area contributed by atoms with Crippen molar-refractivity contribution < 1.29 is 4.74 Å². The molecule has 0 atom stereocenters. The molecule has 2 aromatic rings. The number of anilines is 1. The van der Waals surface area contributed by atoms with Crippen molar-refractivity contribution in [1.29, 1.82) is 0 Å². The van der Waals surface area contributed by atoms with E-state index in [-0.39, 0.29) is 5.82 Å². The lowest BCUT2D eigenvalue weighted by atomic mass is 10.2. The third-order valence-electron chi connectivity index (χ3n) is 2.14. The highest BCUT2D eigenvalue weighted by Crippen LogP contribution is 2.21. The van der Waals surface area contributed by atoms with Crippen LogP contribution in [0.25, 0.3) is 0 Å². The van der Waals surface area contributed by atoms with Crippen molar-refractivity contribution in [3.8, 4) is 5.75 Å². The number of methoxy groups -OCH3 is 1. The van der Waals surface area contributed by atoms with E-state index in [2.05, 4.69) is 41.6 Å². The summed E-state index contributed by atoms with van der Waals surface area (Å²) in [5.74, 6) is 0.944. The van der Waals surface area contributed by atoms with Gasteiger partial charge in [-0.2, -0.15) is 15.2 Å². The predicted octanol–water partition coefficient (Wildman–Crippen LogP) is 1.38. The lowest BCUT2D eigenvalue weighted by Gasteiger charge is -2.04. The van der Waals surface area contributed by atoms with Crippen LogP contribution >= 0.6 is 15.9 Å². The van der Waals surface area contributed by atoms with Crippen molar-refractivity contribution in [2.75, 3.05) is 12.5 Å². The van der Waals surface area contributed by atoms with Crippen molar-refractivity contribution in [2.24, 2.45) is 5.10 Å². The summed E-state index contributed by atoms with van der Waals surface area (Å²) in [5.41, 5.74) is 2.85. The van der Waals surface area contributed by atoms with Gasteiger partial charge < -0.3 is 4.74 Å². The van der Waals surface area contributed by atoms with Crippen LogP contribution in [-0.2, 0) is 0 Å². The number of nitrogens with zero attached hydrogens (tertiary/aromatic N) is 3. The van der Waals surface area contributed by atoms with Gasteiger partial charge in [-0.15, -0.1) is 0 Å². The van der Waals surface area contributed by atoms with Gasteiger partial charge in [-0.05, 0) is 18.2 Å². The second-order valence-electron chi connectivity index (χ2n) is 3.43. The molecule has 0 aliphatic carbocycles. The summed E-state index contributed by atoms with van der Waals surface area (Å²) in [6, 6.07) is 5.54. The van der Waals surface area contributed by atoms with E-state index < -0.39 is 5.69 Å². The van der Waals surface area contributed by atoms with E-state index >= 15 is 0 Å². The van der Waals surface area contributed by atoms with E-state index in [0.29, 0.717) is 5.75 Å². The maximum Gasteiger partial charge on any atom is 0.363 e. The van der Waals surface area contributed by atoms with Crippen molar-refractivity contribution in [1.82, 2.24) is 15.2 Å². The zero-order valence-electron chi connectivity index (χ0n) is 9.92. The molecule has 0 unspecified atom stereocenters. The van der Waals surface area contributed by atoms with E-state index in [4.69, 9.17) is 4.74 Å². The average Bonchev–Trinajstić information content (AvgIpc) is 2.39. The Kier molecular flexibility index (Phi) is 4.24. The minimum absolute atomic E-state index is 0.258. The summed E-state index contributed by atoms with van der Waals surface area (Å²) in [6.45, 7) is 0. The zero-order chi connectivity index (χ0) is 13.7. The predicted molar refractivity (Wildman–Crippen MR) is 74.6 cm³/mol. The fourth-order valence-corrected chi connectivity index (χ4v) is 1.72. The molecule has 0 radical (unpaired) electrons. The van der Waals surface area contributed by atoms with Gasteiger partial charge in [0.15, 0.2) is 5.82 Å². The Balaban J connectivity index is 2.15. The molecule has 98 valence electrons. The summed E-state index contributed by atoms with van der Waals surface area (Å²) in [6.07, 6.45) is 2.92. The number of aromatic nitrogens is 3. The molecule has 1 aromatic heterocycles. The van der Waals surface area contributed by atoms with Gasteiger partial charge in [0.1, 0.15) is 5.75 Å². The third-order valence-corrected chi connectivity index (χ3v) is 2.64. The molecule has 19 heavy (non-hydrogen) atoms. The molecule has 0 bridgehead atoms. The second-order valence-corrected chi connectivity index (χ2v) is 4.34. The van der Waals surface area contributed by atoms with Crippen LogP contribution in [0.3, 0.4) is 0 Å². The van der Waals surface area contributed by atoms with Crippen LogP contribution in [0.15, 0.2) is 38.8 Å². The molecule has 0 fully saturated rings. The molecule has 1 heterocycles. The maximum atomic E-state index is 10.9. The van der Waals surface area contributed by atoms with Gasteiger partial charge in [0, 0.05) is 10.0 Å². The van der Waals surface area contributed by atoms with E-state index in [1.807, 2.05) is 18.2 Å². The Hall–Kier alpha value is -2.22. The summed E-state index contributed by atoms with van der Waals surface area (Å²) in [7, 11) is 1.58. The highest BCUT2D eigenvalue weighted by Gasteiger charge is 2.00. The number of hydrogen-bond acceptors (Lipinski definition) is 6. The lowest BCUT2D eigenvalue weighted by molar-refractivity contribution is 0.414. The van der Waals surface area contributed by atoms with Crippen LogP contribution in [0.4, 0.5) is 5.82 Å². The maximum absolute atomic E-state index is 10.9. The van der Waals surface area contributed by atoms with Gasteiger partial charge in [-0.25, -0.2) is 9.89 Å². The zero-order valence-corrected chi connectivity index (χ0v) is 11.5. The van der Waals surface area contributed by atoms with Crippen LogP contribution < -0.4 is 15.9 Å². The Labute approximate surface area is 116 Å². The highest BCUT2D eigenvalue weighted by atomic mass is 79.9. The molecule has 0 saturated heterocycles. The normalized spacial score (nSPS) is 10.6. The Morgan fingerprint density at radius 3 is 3.11 bits per heavy atom. The molecule has 8 heteroatoms. The largest absolute Gasteiger partial charge is 0.496 e. The number of rotatable bonds is 4. The first-order valence-corrected chi connectivity index (χ1v) is 6.02. The summed E-state index contributed by atoms with van der Waals surface area (Å²) < 4.78 is 6.11. The highest BCUT2D eigenvalue weighted by molar-refractivity contribution is 9.10. The molecule has 0 aliphatic rings. The Morgan fingerprint density at radius 2 is 2.37 bits per heavy atom. The van der Waals surface area contributed by atoms with Crippen LogP contribution in [-0.4, -0.2) is 28.5 Å². The average molecular weight is 324 g/mol. The fraction of sp³-hybridized carbons (Fsp3) is 0.0909. The summed E-state index contributed by atoms with van der Waals surface area (Å²) in [5, 5.41) is 9.73. The van der Waals surface area contributed by atoms with Gasteiger partial charge in [0.05, 0.1) is 19.5 Å². The standard InChI is InChI=1S/C11H10BrN5O2/c1-19-9-3-2-8(12)4-7(9)5-13-16-10-6-14-17-11(18)15-10/h2-6H,1H3,(H2,15,16,17,18)/b13-5+. The van der Waals surface area contributed by atoms with Gasteiger partial charge in [-0.3, -0.25) is 5.43 Å². The first-order valence-electron chi connectivity index (χ1n) is 5.23. The van der Waals surface area contributed by atoms with Crippen molar-refractivity contribution in [2.45, 2.75) is 0 Å². The molecule has 2 rings (SSSR count). The number of benzene rings is 1. The molecular formula is C11H10BrN5O2. The third kappa shape index (κ3) is 3.62. The van der Waals surface area contributed by atoms with E-state index in [9.17, 15) is 4.79 Å². The Morgan fingerprint density at radius 1 is 1.53 bits per heavy atom. The topological polar surface area (TPSA) is 92.3 Å². The first kappa shape index (κ1) is 13.2. The van der Waals surface area contributed by atoms with Gasteiger partial charge in [-0.1, -0.05) is 15.9 Å². The summed E-state index contributed by atoms with van der Waals surface area (Å²) >= 11 is 3.37. The molecule has 1 aromatic carbocycles. The monoisotopic (exact) mass is 323 g/mol. The second kappa shape index (κ2) is 6.10. The molecule has 0 aliphatic heterocycles. The van der Waals surface area contributed by atoms with Crippen LogP contribution in [0.5, 0.6) is 5.75 Å². The van der Waals surface area contributed by atoms with E-state index in [0.717, 1.165) is 10.0 Å². The van der Waals surface area contributed by atoms with E-state index in [1.165, 1.54) is 6.20 Å². The van der Waals surface area contributed by atoms with Crippen molar-refractivity contribution in [3.05, 3.63) is 44.9 Å². The van der Waals surface area contributed by atoms with Crippen molar-refractivity contribution in [3.63, 3.8) is 0 Å². The lowest BCUT2D eigenvalue weighted by Crippen LogP contribution is -2.13. The van der Waals surface area contributed by atoms with E-state index in [1.54, 1.807) is 13.3 Å². The number of halogens is 1. The van der Waals surface area contributed by atoms with Crippen LogP contribution in [0.2, 0.25) is 0 Å². The smallest absolute Gasteiger partial charge is 0.363 e. The SMILES string of the molecule is COc1ccc(Br)cc1/C=N/Nc1cn[nH]c(=O)n1. The molecule has 0 amide bonds. The van der Waals surface area contributed by atoms with Gasteiger partial charge in [0.2, 0.25) is 0 Å². The number of aromatic amines is 1. The number of H-pyrrole nitrogens is 1. The quantitative estimate of drug-likeness (QED) is 0.655. The Bertz CT molecular complexity index is 656. The molecular weight excluding hydrogens is 314 g/mol. The first-order chi connectivity index (χ1) is 9.19. The molecule has 2 N–H and O–H groups in total. The number of hydrogen-bond donors (Lipinski definition) is 2. The minimum Gasteiger partial charge on any atom is -0.496 e. The summed E-state index contributed by atoms with van der Waals surface area (Å²) in [4.78, 5) is 14.5. The van der Waals surface area contributed by atoms with Crippen LogP contribution in [0.1, 0.15) is 5.56 Å². The molecule has 0 saturated carbocycles. The number of hydrazone groups is 1. The number of nitrogens with one attached hydrogen (secondary N) is 2.